The summed E-state index contributed by atoms with van der Waals surface area (Å²) < 4.78 is 5.57. The van der Waals surface area contributed by atoms with Crippen LogP contribution in [0.15, 0.2) is 59.7 Å². The lowest BCUT2D eigenvalue weighted by Gasteiger charge is -2.08. The summed E-state index contributed by atoms with van der Waals surface area (Å²) in [6.45, 7) is 3.44. The van der Waals surface area contributed by atoms with E-state index >= 15 is 0 Å². The summed E-state index contributed by atoms with van der Waals surface area (Å²) in [7, 11) is 0. The molecule has 1 N–H and O–H groups in total. The van der Waals surface area contributed by atoms with Crippen molar-refractivity contribution < 1.29 is 9.53 Å². The number of hydrogen-bond donors (Lipinski definition) is 1. The van der Waals surface area contributed by atoms with E-state index < -0.39 is 0 Å². The van der Waals surface area contributed by atoms with Gasteiger partial charge in [-0.3, -0.25) is 4.79 Å². The Morgan fingerprint density at radius 2 is 1.80 bits per heavy atom. The first-order valence-electron chi connectivity index (χ1n) is 7.88. The predicted octanol–water partition coefficient (Wildman–Crippen LogP) is 2.86. The molecule has 0 saturated carbocycles. The third-order valence-electron chi connectivity index (χ3n) is 3.56. The summed E-state index contributed by atoms with van der Waals surface area (Å²) in [5.74, 6) is 0.629. The molecule has 0 atom stereocenters. The molecular formula is C19H18N4O2. The first-order chi connectivity index (χ1) is 12.1. The fraction of sp³-hybridized carbons (Fsp3) is 0.158. The van der Waals surface area contributed by atoms with Crippen LogP contribution in [-0.2, 0) is 4.79 Å². The molecule has 25 heavy (non-hydrogen) atoms. The number of hydrogen-bond acceptors (Lipinski definition) is 5. The molecule has 0 saturated heterocycles. The highest BCUT2D eigenvalue weighted by Gasteiger charge is 2.09. The summed E-state index contributed by atoms with van der Waals surface area (Å²) in [6.07, 6.45) is 0. The van der Waals surface area contributed by atoms with E-state index in [9.17, 15) is 4.79 Å². The second kappa shape index (κ2) is 7.53. The minimum Gasteiger partial charge on any atom is -0.467 e. The Bertz CT molecular complexity index is 923. The minimum absolute atomic E-state index is 0.175. The van der Waals surface area contributed by atoms with Crippen LogP contribution in [0.2, 0.25) is 0 Å². The number of hydrazone groups is 1. The van der Waals surface area contributed by atoms with Crippen LogP contribution in [0.4, 0.5) is 0 Å². The van der Waals surface area contributed by atoms with Gasteiger partial charge < -0.3 is 4.74 Å². The molecule has 1 aromatic heterocycles. The zero-order valence-corrected chi connectivity index (χ0v) is 14.1. The number of carbonyl (C=O) groups excluding carboxylic acids is 1. The van der Waals surface area contributed by atoms with Gasteiger partial charge in [0.25, 0.3) is 5.91 Å². The van der Waals surface area contributed by atoms with Crippen LogP contribution in [0.1, 0.15) is 18.3 Å². The predicted molar refractivity (Wildman–Crippen MR) is 96.6 cm³/mol. The highest BCUT2D eigenvalue weighted by molar-refractivity contribution is 5.99. The van der Waals surface area contributed by atoms with E-state index in [2.05, 4.69) is 20.5 Å². The lowest BCUT2D eigenvalue weighted by atomic mass is 10.1. The number of nitrogens with one attached hydrogen (secondary N) is 1. The molecule has 1 amide bonds. The third-order valence-corrected chi connectivity index (χ3v) is 3.56. The van der Waals surface area contributed by atoms with Crippen LogP contribution in [0.5, 0.6) is 5.88 Å². The van der Waals surface area contributed by atoms with Crippen LogP contribution in [0.25, 0.3) is 10.9 Å². The van der Waals surface area contributed by atoms with Gasteiger partial charge in [-0.05, 0) is 31.5 Å². The maximum absolute atomic E-state index is 12.0. The topological polar surface area (TPSA) is 76.5 Å². The Morgan fingerprint density at radius 1 is 1.08 bits per heavy atom. The number of aromatic nitrogens is 2. The highest BCUT2D eigenvalue weighted by atomic mass is 16.5. The SMILES string of the molecule is C/C(=N\NC(=O)COc1nc(C)nc2ccccc12)c1ccccc1. The van der Waals surface area contributed by atoms with Crippen molar-refractivity contribution in [3.8, 4) is 5.88 Å². The Kier molecular flexibility index (Phi) is 4.99. The standard InChI is InChI=1S/C19H18N4O2/c1-13(15-8-4-3-5-9-15)22-23-18(24)12-25-19-16-10-6-7-11-17(16)20-14(2)21-19/h3-11H,12H2,1-2H3,(H,23,24)/b22-13+. The Morgan fingerprint density at radius 3 is 2.60 bits per heavy atom. The van der Waals surface area contributed by atoms with Crippen molar-refractivity contribution in [2.45, 2.75) is 13.8 Å². The molecule has 0 spiro atoms. The zero-order chi connectivity index (χ0) is 17.6. The van der Waals surface area contributed by atoms with Crippen LogP contribution in [0.3, 0.4) is 0 Å². The van der Waals surface area contributed by atoms with E-state index in [4.69, 9.17) is 4.74 Å². The molecular weight excluding hydrogens is 316 g/mol. The van der Waals surface area contributed by atoms with Crippen molar-refractivity contribution in [1.82, 2.24) is 15.4 Å². The van der Waals surface area contributed by atoms with Crippen molar-refractivity contribution in [3.05, 3.63) is 66.0 Å². The van der Waals surface area contributed by atoms with Crippen molar-refractivity contribution in [3.63, 3.8) is 0 Å². The highest BCUT2D eigenvalue weighted by Crippen LogP contribution is 2.21. The quantitative estimate of drug-likeness (QED) is 0.575. The Hall–Kier alpha value is -3.28. The summed E-state index contributed by atoms with van der Waals surface area (Å²) in [5, 5.41) is 4.86. The van der Waals surface area contributed by atoms with Crippen LogP contribution < -0.4 is 10.2 Å². The first kappa shape index (κ1) is 16.6. The average Bonchev–Trinajstić information content (AvgIpc) is 2.64. The van der Waals surface area contributed by atoms with E-state index in [1.54, 1.807) is 6.92 Å². The van der Waals surface area contributed by atoms with Crippen molar-refractivity contribution in [1.29, 1.82) is 0 Å². The van der Waals surface area contributed by atoms with Gasteiger partial charge in [-0.1, -0.05) is 42.5 Å². The average molecular weight is 334 g/mol. The summed E-state index contributed by atoms with van der Waals surface area (Å²) in [6, 6.07) is 17.1. The molecule has 3 rings (SSSR count). The molecule has 126 valence electrons. The van der Waals surface area contributed by atoms with Gasteiger partial charge in [0.1, 0.15) is 5.82 Å². The van der Waals surface area contributed by atoms with Gasteiger partial charge in [0, 0.05) is 0 Å². The molecule has 3 aromatic rings. The number of para-hydroxylation sites is 1. The second-order valence-corrected chi connectivity index (χ2v) is 5.48. The Balaban J connectivity index is 1.65. The summed E-state index contributed by atoms with van der Waals surface area (Å²) in [4.78, 5) is 20.6. The zero-order valence-electron chi connectivity index (χ0n) is 14.1. The normalized spacial score (nSPS) is 11.4. The maximum atomic E-state index is 12.0. The molecule has 0 aliphatic heterocycles. The van der Waals surface area contributed by atoms with Crippen molar-refractivity contribution in [2.24, 2.45) is 5.10 Å². The lowest BCUT2D eigenvalue weighted by Crippen LogP contribution is -2.26. The number of benzene rings is 2. The molecule has 0 unspecified atom stereocenters. The number of amides is 1. The molecule has 1 heterocycles. The number of nitrogens with zero attached hydrogens (tertiary/aromatic N) is 3. The number of rotatable bonds is 5. The molecule has 0 aliphatic carbocycles. The molecule has 0 bridgehead atoms. The fourth-order valence-corrected chi connectivity index (χ4v) is 2.32. The van der Waals surface area contributed by atoms with Gasteiger partial charge in [-0.25, -0.2) is 10.4 Å². The van der Waals surface area contributed by atoms with E-state index in [-0.39, 0.29) is 12.5 Å². The van der Waals surface area contributed by atoms with Gasteiger partial charge in [0.05, 0.1) is 16.6 Å². The monoisotopic (exact) mass is 334 g/mol. The van der Waals surface area contributed by atoms with Gasteiger partial charge >= 0.3 is 0 Å². The number of carbonyl (C=O) groups is 1. The van der Waals surface area contributed by atoms with E-state index in [1.165, 1.54) is 0 Å². The van der Waals surface area contributed by atoms with E-state index in [1.807, 2.05) is 61.5 Å². The molecule has 0 radical (unpaired) electrons. The van der Waals surface area contributed by atoms with Crippen LogP contribution >= 0.6 is 0 Å². The second-order valence-electron chi connectivity index (χ2n) is 5.48. The number of fused-ring (bicyclic) bond motifs is 1. The summed E-state index contributed by atoms with van der Waals surface area (Å²) >= 11 is 0. The van der Waals surface area contributed by atoms with Gasteiger partial charge in [0.15, 0.2) is 6.61 Å². The van der Waals surface area contributed by atoms with E-state index in [0.717, 1.165) is 22.2 Å². The minimum atomic E-state index is -0.351. The molecule has 6 nitrogen and oxygen atoms in total. The van der Waals surface area contributed by atoms with Crippen LogP contribution in [0, 0.1) is 6.92 Å². The molecule has 0 aliphatic rings. The molecule has 2 aromatic carbocycles. The largest absolute Gasteiger partial charge is 0.467 e. The number of aryl methyl sites for hydroxylation is 1. The van der Waals surface area contributed by atoms with Crippen molar-refractivity contribution >= 4 is 22.5 Å². The van der Waals surface area contributed by atoms with Crippen molar-refractivity contribution in [2.75, 3.05) is 6.61 Å². The number of ether oxygens (including phenoxy) is 1. The maximum Gasteiger partial charge on any atom is 0.278 e. The Labute approximate surface area is 145 Å². The lowest BCUT2D eigenvalue weighted by molar-refractivity contribution is -0.123. The third kappa shape index (κ3) is 4.17. The smallest absolute Gasteiger partial charge is 0.278 e. The van der Waals surface area contributed by atoms with E-state index in [0.29, 0.717) is 11.7 Å². The van der Waals surface area contributed by atoms with Gasteiger partial charge in [-0.2, -0.15) is 10.1 Å². The molecule has 6 heteroatoms. The van der Waals surface area contributed by atoms with Crippen LogP contribution in [-0.4, -0.2) is 28.2 Å². The van der Waals surface area contributed by atoms with Gasteiger partial charge in [-0.15, -0.1) is 0 Å². The van der Waals surface area contributed by atoms with Gasteiger partial charge in [0.2, 0.25) is 5.88 Å². The fourth-order valence-electron chi connectivity index (χ4n) is 2.32. The first-order valence-corrected chi connectivity index (χ1v) is 7.88. The summed E-state index contributed by atoms with van der Waals surface area (Å²) in [5.41, 5.74) is 4.94. The molecule has 0 fully saturated rings.